The Kier molecular flexibility index (Phi) is 7.09. The third-order valence-corrected chi connectivity index (χ3v) is 5.59. The van der Waals surface area contributed by atoms with E-state index < -0.39 is 53.2 Å². The summed E-state index contributed by atoms with van der Waals surface area (Å²) >= 11 is 0. The molecule has 0 bridgehead atoms. The van der Waals surface area contributed by atoms with Gasteiger partial charge in [-0.2, -0.15) is 8.42 Å². The molecule has 164 valence electrons. The molecule has 5 atom stereocenters. The Balaban J connectivity index is 1.85. The maximum atomic E-state index is 11.0. The van der Waals surface area contributed by atoms with E-state index in [0.29, 0.717) is 22.4 Å². The first-order valence-electron chi connectivity index (χ1n) is 9.30. The van der Waals surface area contributed by atoms with E-state index in [-0.39, 0.29) is 6.42 Å². The first-order valence-corrected chi connectivity index (χ1v) is 10.9. The maximum Gasteiger partial charge on any atom is 0.265 e. The molecule has 0 radical (unpaired) electrons. The van der Waals surface area contributed by atoms with Crippen molar-refractivity contribution in [2.24, 2.45) is 0 Å². The zero-order chi connectivity index (χ0) is 21.9. The van der Waals surface area contributed by atoms with Crippen LogP contribution in [0.15, 0.2) is 48.5 Å². The smallest absolute Gasteiger partial charge is 0.265 e. The molecule has 0 saturated carbocycles. The number of rotatable bonds is 7. The Hall–Kier alpha value is -2.05. The van der Waals surface area contributed by atoms with Crippen LogP contribution >= 0.6 is 0 Å². The lowest BCUT2D eigenvalue weighted by atomic mass is 9.99. The Bertz CT molecular complexity index is 960. The van der Waals surface area contributed by atoms with Crippen LogP contribution in [0.3, 0.4) is 0 Å². The zero-order valence-electron chi connectivity index (χ0n) is 15.9. The molecule has 1 saturated heterocycles. The van der Waals surface area contributed by atoms with Crippen molar-refractivity contribution in [1.82, 2.24) is 0 Å². The van der Waals surface area contributed by atoms with E-state index in [1.165, 1.54) is 0 Å². The summed E-state index contributed by atoms with van der Waals surface area (Å²) in [7, 11) is -4.08. The number of hydrogen-bond acceptors (Lipinski definition) is 8. The van der Waals surface area contributed by atoms with Crippen LogP contribution in [0.5, 0.6) is 5.75 Å². The van der Waals surface area contributed by atoms with Crippen LogP contribution in [0.2, 0.25) is 0 Å². The van der Waals surface area contributed by atoms with Gasteiger partial charge in [-0.25, -0.2) is 0 Å². The molecule has 10 heteroatoms. The minimum absolute atomic E-state index is 0.127. The minimum Gasteiger partial charge on any atom is -0.461 e. The number of aryl methyl sites for hydroxylation is 1. The molecule has 0 amide bonds. The summed E-state index contributed by atoms with van der Waals surface area (Å²) in [5, 5.41) is 39.4. The molecule has 0 aromatic heterocycles. The molecule has 2 aromatic rings. The fourth-order valence-electron chi connectivity index (χ4n) is 3.24. The number of aliphatic hydroxyl groups is 4. The molecule has 30 heavy (non-hydrogen) atoms. The lowest BCUT2D eigenvalue weighted by Gasteiger charge is -2.39. The largest absolute Gasteiger partial charge is 0.461 e. The number of hydrogen-bond donors (Lipinski definition) is 5. The normalized spacial score (nSPS) is 27.0. The highest BCUT2D eigenvalue weighted by atomic mass is 32.2. The van der Waals surface area contributed by atoms with Gasteiger partial charge in [-0.3, -0.25) is 4.55 Å². The molecule has 0 spiro atoms. The monoisotopic (exact) mass is 440 g/mol. The topological polar surface area (TPSA) is 154 Å². The third-order valence-electron chi connectivity index (χ3n) is 4.87. The lowest BCUT2D eigenvalue weighted by molar-refractivity contribution is -0.277. The van der Waals surface area contributed by atoms with E-state index in [2.05, 4.69) is 0 Å². The Morgan fingerprint density at radius 3 is 2.40 bits per heavy atom. The van der Waals surface area contributed by atoms with Gasteiger partial charge in [-0.15, -0.1) is 0 Å². The fraction of sp³-hybridized carbons (Fsp3) is 0.400. The molecule has 1 heterocycles. The van der Waals surface area contributed by atoms with Gasteiger partial charge in [0, 0.05) is 5.56 Å². The predicted molar refractivity (Wildman–Crippen MR) is 106 cm³/mol. The quantitative estimate of drug-likeness (QED) is 0.373. The van der Waals surface area contributed by atoms with Crippen molar-refractivity contribution < 1.29 is 42.9 Å². The molecule has 3 rings (SSSR count). The second-order valence-electron chi connectivity index (χ2n) is 7.05. The minimum atomic E-state index is -4.08. The molecular weight excluding hydrogens is 416 g/mol. The zero-order valence-corrected chi connectivity index (χ0v) is 16.7. The van der Waals surface area contributed by atoms with Crippen LogP contribution in [-0.4, -0.2) is 76.5 Å². The average molecular weight is 440 g/mol. The molecule has 0 unspecified atom stereocenters. The summed E-state index contributed by atoms with van der Waals surface area (Å²) in [4.78, 5) is 0. The summed E-state index contributed by atoms with van der Waals surface area (Å²) in [6, 6.07) is 13.8. The van der Waals surface area contributed by atoms with Crippen LogP contribution in [-0.2, 0) is 21.3 Å². The van der Waals surface area contributed by atoms with Crippen molar-refractivity contribution >= 4 is 10.1 Å². The molecule has 9 nitrogen and oxygen atoms in total. The summed E-state index contributed by atoms with van der Waals surface area (Å²) < 4.78 is 42.1. The van der Waals surface area contributed by atoms with Gasteiger partial charge in [0.1, 0.15) is 30.2 Å². The van der Waals surface area contributed by atoms with Crippen LogP contribution < -0.4 is 4.74 Å². The summed E-state index contributed by atoms with van der Waals surface area (Å²) in [6.45, 7) is -0.567. The Labute approximate surface area is 173 Å². The van der Waals surface area contributed by atoms with Crippen molar-refractivity contribution in [3.8, 4) is 16.9 Å². The average Bonchev–Trinajstić information content (AvgIpc) is 2.73. The van der Waals surface area contributed by atoms with Crippen molar-refractivity contribution in [1.29, 1.82) is 0 Å². The van der Waals surface area contributed by atoms with Gasteiger partial charge in [-0.05, 0) is 23.6 Å². The van der Waals surface area contributed by atoms with E-state index in [1.54, 1.807) is 48.5 Å². The van der Waals surface area contributed by atoms with Gasteiger partial charge in [0.15, 0.2) is 0 Å². The number of ether oxygens (including phenoxy) is 2. The molecule has 2 aromatic carbocycles. The van der Waals surface area contributed by atoms with E-state index in [0.717, 1.165) is 0 Å². The van der Waals surface area contributed by atoms with E-state index in [9.17, 15) is 28.8 Å². The van der Waals surface area contributed by atoms with Crippen molar-refractivity contribution in [2.45, 2.75) is 37.1 Å². The van der Waals surface area contributed by atoms with Crippen molar-refractivity contribution in [2.75, 3.05) is 12.4 Å². The van der Waals surface area contributed by atoms with Crippen LogP contribution in [0.25, 0.3) is 11.1 Å². The highest BCUT2D eigenvalue weighted by Crippen LogP contribution is 2.33. The van der Waals surface area contributed by atoms with Crippen molar-refractivity contribution in [3.63, 3.8) is 0 Å². The van der Waals surface area contributed by atoms with Gasteiger partial charge < -0.3 is 29.9 Å². The third kappa shape index (κ3) is 5.35. The van der Waals surface area contributed by atoms with Crippen LogP contribution in [0, 0.1) is 0 Å². The molecular formula is C20H24O9S. The van der Waals surface area contributed by atoms with Gasteiger partial charge in [0.05, 0.1) is 12.4 Å². The second-order valence-corrected chi connectivity index (χ2v) is 8.62. The van der Waals surface area contributed by atoms with Crippen LogP contribution in [0.4, 0.5) is 0 Å². The van der Waals surface area contributed by atoms with E-state index >= 15 is 0 Å². The first kappa shape index (κ1) is 22.6. The Morgan fingerprint density at radius 1 is 0.967 bits per heavy atom. The van der Waals surface area contributed by atoms with E-state index in [1.807, 2.05) is 0 Å². The first-order chi connectivity index (χ1) is 14.2. The second kappa shape index (κ2) is 9.40. The van der Waals surface area contributed by atoms with Gasteiger partial charge in [-0.1, -0.05) is 42.5 Å². The van der Waals surface area contributed by atoms with Crippen LogP contribution in [0.1, 0.15) is 5.56 Å². The Morgan fingerprint density at radius 2 is 1.70 bits per heavy atom. The molecule has 1 aliphatic rings. The van der Waals surface area contributed by atoms with Crippen molar-refractivity contribution in [3.05, 3.63) is 54.1 Å². The number of aliphatic hydroxyl groups excluding tert-OH is 4. The highest BCUT2D eigenvalue weighted by Gasteiger charge is 2.44. The highest BCUT2D eigenvalue weighted by molar-refractivity contribution is 7.85. The fourth-order valence-corrected chi connectivity index (χ4v) is 3.73. The number of para-hydroxylation sites is 1. The summed E-state index contributed by atoms with van der Waals surface area (Å²) in [5.74, 6) is -0.0896. The molecule has 5 N–H and O–H groups in total. The number of benzene rings is 2. The van der Waals surface area contributed by atoms with E-state index in [4.69, 9.17) is 14.0 Å². The summed E-state index contributed by atoms with van der Waals surface area (Å²) in [6.07, 6.45) is -6.88. The lowest BCUT2D eigenvalue weighted by Crippen LogP contribution is -2.60. The molecule has 1 aliphatic heterocycles. The summed E-state index contributed by atoms with van der Waals surface area (Å²) in [5.41, 5.74) is 2.00. The van der Waals surface area contributed by atoms with Gasteiger partial charge in [0.25, 0.3) is 10.1 Å². The van der Waals surface area contributed by atoms with Gasteiger partial charge in [0.2, 0.25) is 6.29 Å². The van der Waals surface area contributed by atoms with Gasteiger partial charge >= 0.3 is 0 Å². The molecule has 1 fully saturated rings. The molecule has 0 aliphatic carbocycles. The maximum absolute atomic E-state index is 11.0. The SMILES string of the molecule is O=S(=O)(O)CCc1cccc(-c2ccccc2O[C@@H]2O[C@H](CO)[C@@H](O)[C@H](O)[C@@H]2O)c1. The predicted octanol–water partition coefficient (Wildman–Crippen LogP) is -0.0374. The standard InChI is InChI=1S/C20H24O9S/c21-11-16-17(22)18(23)19(24)20(29-16)28-15-7-2-1-6-14(15)13-5-3-4-12(10-13)8-9-30(25,26)27/h1-7,10,16-24H,8-9,11H2,(H,25,26,27)/t16-,17-,18+,19+,20-/m1/s1.